The number of Topliss-reactive ketones (excluding diaryl/α,β-unsaturated/α-hetero) is 2. The topological polar surface area (TPSA) is 58.2 Å². The summed E-state index contributed by atoms with van der Waals surface area (Å²) in [7, 11) is 3.61. The summed E-state index contributed by atoms with van der Waals surface area (Å²) in [5.41, 5.74) is 5.11. The molecule has 0 aromatic heterocycles. The SMILES string of the molecule is CC.CC.CNc1ccc(Cc2ccc(NC)c(C(C)=O)c2)cc1C(C)=O. The van der Waals surface area contributed by atoms with Crippen LogP contribution >= 0.6 is 0 Å². The average Bonchev–Trinajstić information content (AvgIpc) is 2.70. The third-order valence-electron chi connectivity index (χ3n) is 3.87. The molecule has 0 spiro atoms. The molecule has 27 heavy (non-hydrogen) atoms. The first-order chi connectivity index (χ1) is 13.0. The zero-order valence-corrected chi connectivity index (χ0v) is 18.0. The first kappa shape index (κ1) is 24.4. The van der Waals surface area contributed by atoms with Gasteiger partial charge in [0.05, 0.1) is 0 Å². The lowest BCUT2D eigenvalue weighted by molar-refractivity contribution is 0.101. The van der Waals surface area contributed by atoms with Crippen LogP contribution in [0.2, 0.25) is 0 Å². The van der Waals surface area contributed by atoms with E-state index in [0.29, 0.717) is 17.5 Å². The van der Waals surface area contributed by atoms with E-state index in [1.165, 1.54) is 0 Å². The number of ketones is 2. The van der Waals surface area contributed by atoms with Crippen molar-refractivity contribution in [3.05, 3.63) is 58.7 Å². The molecule has 0 saturated heterocycles. The van der Waals surface area contributed by atoms with Crippen molar-refractivity contribution in [3.63, 3.8) is 0 Å². The monoisotopic (exact) mass is 370 g/mol. The van der Waals surface area contributed by atoms with Gasteiger partial charge >= 0.3 is 0 Å². The van der Waals surface area contributed by atoms with Gasteiger partial charge in [-0.3, -0.25) is 9.59 Å². The Bertz CT molecular complexity index is 689. The molecule has 0 saturated carbocycles. The molecule has 0 bridgehead atoms. The molecule has 2 aromatic rings. The van der Waals surface area contributed by atoms with Crippen LogP contribution in [0.5, 0.6) is 0 Å². The number of carbonyl (C=O) groups excluding carboxylic acids is 2. The Morgan fingerprint density at radius 3 is 1.30 bits per heavy atom. The van der Waals surface area contributed by atoms with Crippen LogP contribution in [0.15, 0.2) is 36.4 Å². The highest BCUT2D eigenvalue weighted by atomic mass is 16.1. The maximum Gasteiger partial charge on any atom is 0.161 e. The van der Waals surface area contributed by atoms with Crippen molar-refractivity contribution in [2.24, 2.45) is 0 Å². The van der Waals surface area contributed by atoms with E-state index in [-0.39, 0.29) is 11.6 Å². The second-order valence-corrected chi connectivity index (χ2v) is 5.55. The van der Waals surface area contributed by atoms with Gasteiger partial charge < -0.3 is 10.6 Å². The molecule has 2 rings (SSSR count). The predicted octanol–water partition coefficient (Wildman–Crippen LogP) is 5.82. The Morgan fingerprint density at radius 2 is 1.04 bits per heavy atom. The summed E-state index contributed by atoms with van der Waals surface area (Å²) in [4.78, 5) is 23.5. The Kier molecular flexibility index (Phi) is 11.5. The van der Waals surface area contributed by atoms with Gasteiger partial charge in [0.2, 0.25) is 0 Å². The van der Waals surface area contributed by atoms with Gasteiger partial charge in [-0.2, -0.15) is 0 Å². The highest BCUT2D eigenvalue weighted by molar-refractivity contribution is 6.00. The molecule has 0 amide bonds. The first-order valence-corrected chi connectivity index (χ1v) is 9.59. The molecule has 4 nitrogen and oxygen atoms in total. The van der Waals surface area contributed by atoms with Crippen molar-refractivity contribution in [3.8, 4) is 0 Å². The Balaban J connectivity index is 0.00000158. The van der Waals surface area contributed by atoms with Crippen LogP contribution in [0.3, 0.4) is 0 Å². The molecule has 0 atom stereocenters. The standard InChI is InChI=1S/C19H22N2O2.2C2H6/c1-12(22)16-10-14(5-7-18(16)20-3)9-15-6-8-19(21-4)17(11-15)13(2)23;2*1-2/h5-8,10-11,20-21H,9H2,1-4H3;2*1-2H3. The highest BCUT2D eigenvalue weighted by Crippen LogP contribution is 2.23. The minimum atomic E-state index is 0.0335. The Labute approximate surface area is 164 Å². The number of carbonyl (C=O) groups is 2. The van der Waals surface area contributed by atoms with E-state index in [2.05, 4.69) is 10.6 Å². The highest BCUT2D eigenvalue weighted by Gasteiger charge is 2.10. The lowest BCUT2D eigenvalue weighted by Crippen LogP contribution is -2.03. The fraction of sp³-hybridized carbons (Fsp3) is 0.391. The van der Waals surface area contributed by atoms with Crippen LogP contribution in [-0.2, 0) is 6.42 Å². The Morgan fingerprint density at radius 1 is 0.704 bits per heavy atom. The second-order valence-electron chi connectivity index (χ2n) is 5.55. The fourth-order valence-corrected chi connectivity index (χ4v) is 2.66. The van der Waals surface area contributed by atoms with E-state index in [4.69, 9.17) is 0 Å². The van der Waals surface area contributed by atoms with Crippen LogP contribution in [0.25, 0.3) is 0 Å². The minimum absolute atomic E-state index is 0.0335. The zero-order chi connectivity index (χ0) is 21.0. The summed E-state index contributed by atoms with van der Waals surface area (Å²) in [5.74, 6) is 0.0670. The third-order valence-corrected chi connectivity index (χ3v) is 3.87. The molecule has 2 aromatic carbocycles. The van der Waals surface area contributed by atoms with E-state index in [9.17, 15) is 9.59 Å². The summed E-state index contributed by atoms with van der Waals surface area (Å²) in [6.07, 6.45) is 0.675. The fourth-order valence-electron chi connectivity index (χ4n) is 2.66. The van der Waals surface area contributed by atoms with Gasteiger partial charge in [-0.1, -0.05) is 39.8 Å². The summed E-state index contributed by atoms with van der Waals surface area (Å²) in [5, 5.41) is 6.07. The van der Waals surface area contributed by atoms with Crippen molar-refractivity contribution in [1.29, 1.82) is 0 Å². The molecule has 0 aliphatic carbocycles. The van der Waals surface area contributed by atoms with Crippen LogP contribution in [0.4, 0.5) is 11.4 Å². The molecule has 0 radical (unpaired) electrons. The van der Waals surface area contributed by atoms with Gasteiger partial charge in [0.1, 0.15) is 0 Å². The van der Waals surface area contributed by atoms with Crippen molar-refractivity contribution in [1.82, 2.24) is 0 Å². The number of nitrogens with one attached hydrogen (secondary N) is 2. The van der Waals surface area contributed by atoms with Gasteiger partial charge in [-0.25, -0.2) is 0 Å². The second kappa shape index (κ2) is 12.7. The Hall–Kier alpha value is -2.62. The number of rotatable bonds is 6. The summed E-state index contributed by atoms with van der Waals surface area (Å²) in [6.45, 7) is 11.1. The van der Waals surface area contributed by atoms with Crippen molar-refractivity contribution in [2.75, 3.05) is 24.7 Å². The number of hydrogen-bond donors (Lipinski definition) is 2. The molecule has 0 fully saturated rings. The largest absolute Gasteiger partial charge is 0.388 e. The number of hydrogen-bond acceptors (Lipinski definition) is 4. The maximum atomic E-state index is 11.8. The molecule has 2 N–H and O–H groups in total. The van der Waals surface area contributed by atoms with Gasteiger partial charge in [-0.05, 0) is 55.7 Å². The van der Waals surface area contributed by atoms with Crippen molar-refractivity contribution in [2.45, 2.75) is 48.0 Å². The molecule has 0 aliphatic rings. The lowest BCUT2D eigenvalue weighted by atomic mass is 9.97. The van der Waals surface area contributed by atoms with Gasteiger partial charge in [0.25, 0.3) is 0 Å². The molecule has 4 heteroatoms. The lowest BCUT2D eigenvalue weighted by Gasteiger charge is -2.11. The quantitative estimate of drug-likeness (QED) is 0.629. The molecule has 0 heterocycles. The molecule has 148 valence electrons. The summed E-state index contributed by atoms with van der Waals surface area (Å²) in [6, 6.07) is 11.6. The van der Waals surface area contributed by atoms with Crippen LogP contribution < -0.4 is 10.6 Å². The van der Waals surface area contributed by atoms with Crippen LogP contribution in [-0.4, -0.2) is 25.7 Å². The number of anilines is 2. The molecular weight excluding hydrogens is 336 g/mol. The number of benzene rings is 2. The van der Waals surface area contributed by atoms with E-state index in [0.717, 1.165) is 22.5 Å². The van der Waals surface area contributed by atoms with Crippen molar-refractivity contribution < 1.29 is 9.59 Å². The van der Waals surface area contributed by atoms with Gasteiger partial charge in [0, 0.05) is 36.6 Å². The smallest absolute Gasteiger partial charge is 0.161 e. The van der Waals surface area contributed by atoms with Crippen LogP contribution in [0.1, 0.15) is 73.4 Å². The van der Waals surface area contributed by atoms with E-state index in [1.807, 2.05) is 64.1 Å². The average molecular weight is 371 g/mol. The minimum Gasteiger partial charge on any atom is -0.388 e. The third kappa shape index (κ3) is 6.89. The van der Waals surface area contributed by atoms with E-state index < -0.39 is 0 Å². The first-order valence-electron chi connectivity index (χ1n) is 9.59. The summed E-state index contributed by atoms with van der Waals surface area (Å²) >= 11 is 0. The van der Waals surface area contributed by atoms with Crippen LogP contribution in [0, 0.1) is 0 Å². The molecular formula is C23H34N2O2. The van der Waals surface area contributed by atoms with Gasteiger partial charge in [0.15, 0.2) is 11.6 Å². The predicted molar refractivity (Wildman–Crippen MR) is 117 cm³/mol. The van der Waals surface area contributed by atoms with Gasteiger partial charge in [-0.15, -0.1) is 0 Å². The van der Waals surface area contributed by atoms with E-state index >= 15 is 0 Å². The molecule has 0 aliphatic heterocycles. The van der Waals surface area contributed by atoms with Crippen molar-refractivity contribution >= 4 is 22.9 Å². The zero-order valence-electron chi connectivity index (χ0n) is 18.0. The molecule has 0 unspecified atom stereocenters. The summed E-state index contributed by atoms with van der Waals surface area (Å²) < 4.78 is 0. The normalized spacial score (nSPS) is 9.19. The maximum absolute atomic E-state index is 11.8. The van der Waals surface area contributed by atoms with E-state index in [1.54, 1.807) is 27.9 Å².